The van der Waals surface area contributed by atoms with E-state index in [1.165, 1.54) is 6.07 Å². The van der Waals surface area contributed by atoms with E-state index in [0.29, 0.717) is 28.6 Å². The molecule has 2 aromatic carbocycles. The number of esters is 2. The predicted molar refractivity (Wildman–Crippen MR) is 120 cm³/mol. The summed E-state index contributed by atoms with van der Waals surface area (Å²) in [6, 6.07) is 12.9. The van der Waals surface area contributed by atoms with Crippen LogP contribution in [0.4, 0.5) is 11.4 Å². The number of nitrogens with one attached hydrogen (secondary N) is 2. The number of carbonyl (C=O) groups excluding carboxylic acids is 4. The fraction of sp³-hybridized carbons (Fsp3) is 0.304. The highest BCUT2D eigenvalue weighted by molar-refractivity contribution is 6.30. The van der Waals surface area contributed by atoms with Gasteiger partial charge in [-0.2, -0.15) is 0 Å². The molecule has 0 aliphatic rings. The van der Waals surface area contributed by atoms with Gasteiger partial charge in [0.2, 0.25) is 5.91 Å². The Labute approximate surface area is 191 Å². The van der Waals surface area contributed by atoms with Crippen molar-refractivity contribution < 1.29 is 28.7 Å². The molecule has 0 aromatic heterocycles. The van der Waals surface area contributed by atoms with Crippen LogP contribution in [0.1, 0.15) is 37.0 Å². The third-order valence-corrected chi connectivity index (χ3v) is 4.19. The molecule has 0 aliphatic carbocycles. The number of carbonyl (C=O) groups is 4. The predicted octanol–water partition coefficient (Wildman–Crippen LogP) is 4.05. The molecule has 0 aliphatic heterocycles. The first-order valence-corrected chi connectivity index (χ1v) is 10.4. The molecule has 2 amide bonds. The van der Waals surface area contributed by atoms with Crippen molar-refractivity contribution in [1.82, 2.24) is 0 Å². The first kappa shape index (κ1) is 24.9. The van der Waals surface area contributed by atoms with Crippen molar-refractivity contribution in [2.24, 2.45) is 5.92 Å². The summed E-state index contributed by atoms with van der Waals surface area (Å²) in [4.78, 5) is 47.8. The van der Waals surface area contributed by atoms with Crippen molar-refractivity contribution in [3.63, 3.8) is 0 Å². The zero-order valence-electron chi connectivity index (χ0n) is 17.9. The lowest BCUT2D eigenvalue weighted by Crippen LogP contribution is -2.21. The Morgan fingerprint density at radius 3 is 2.22 bits per heavy atom. The van der Waals surface area contributed by atoms with E-state index in [-0.39, 0.29) is 18.8 Å². The Morgan fingerprint density at radius 1 is 0.875 bits per heavy atom. The van der Waals surface area contributed by atoms with Crippen molar-refractivity contribution in [1.29, 1.82) is 0 Å². The van der Waals surface area contributed by atoms with E-state index in [4.69, 9.17) is 21.1 Å². The van der Waals surface area contributed by atoms with Crippen LogP contribution in [0.2, 0.25) is 5.02 Å². The lowest BCUT2D eigenvalue weighted by atomic mass is 10.2. The van der Waals surface area contributed by atoms with E-state index in [9.17, 15) is 19.2 Å². The minimum Gasteiger partial charge on any atom is -0.462 e. The number of rotatable bonds is 10. The van der Waals surface area contributed by atoms with Crippen LogP contribution in [0.3, 0.4) is 0 Å². The number of hydrogen-bond donors (Lipinski definition) is 2. The molecule has 2 rings (SSSR count). The summed E-state index contributed by atoms with van der Waals surface area (Å²) in [7, 11) is 0. The van der Waals surface area contributed by atoms with Gasteiger partial charge in [-0.05, 0) is 42.3 Å². The topological polar surface area (TPSA) is 111 Å². The zero-order valence-corrected chi connectivity index (χ0v) is 18.6. The van der Waals surface area contributed by atoms with E-state index in [0.717, 1.165) is 0 Å². The fourth-order valence-electron chi connectivity index (χ4n) is 2.47. The highest BCUT2D eigenvalue weighted by atomic mass is 35.5. The molecule has 0 radical (unpaired) electrons. The number of amides is 2. The van der Waals surface area contributed by atoms with Crippen LogP contribution in [0.15, 0.2) is 48.5 Å². The highest BCUT2D eigenvalue weighted by Gasteiger charge is 2.13. The van der Waals surface area contributed by atoms with Crippen LogP contribution in [-0.4, -0.2) is 37.0 Å². The molecular weight excluding hydrogens is 436 g/mol. The third-order valence-electron chi connectivity index (χ3n) is 3.96. The Kier molecular flexibility index (Phi) is 9.69. The van der Waals surface area contributed by atoms with Gasteiger partial charge in [0.25, 0.3) is 5.91 Å². The molecule has 0 unspecified atom stereocenters. The molecule has 0 bridgehead atoms. The molecule has 0 spiro atoms. The maximum Gasteiger partial charge on any atom is 0.338 e. The van der Waals surface area contributed by atoms with Gasteiger partial charge in [-0.15, -0.1) is 0 Å². The lowest BCUT2D eigenvalue weighted by molar-refractivity contribution is -0.147. The maximum absolute atomic E-state index is 12.1. The number of anilines is 2. The summed E-state index contributed by atoms with van der Waals surface area (Å²) in [6.07, 6.45) is -0.344. The van der Waals surface area contributed by atoms with Gasteiger partial charge in [0.1, 0.15) is 0 Å². The standard InChI is InChI=1S/C23H25ClN2O6/c1-15(2)13-32-23(30)16-5-3-7-18(11-16)25-20(27)9-10-22(29)31-14-21(28)26-19-8-4-6-17(24)12-19/h3-8,11-12,15H,9-10,13-14H2,1-2H3,(H,25,27)(H,26,28). The maximum atomic E-state index is 12.1. The second-order valence-corrected chi connectivity index (χ2v) is 7.78. The van der Waals surface area contributed by atoms with Crippen molar-refractivity contribution in [2.75, 3.05) is 23.8 Å². The Morgan fingerprint density at radius 2 is 1.53 bits per heavy atom. The molecule has 9 heteroatoms. The van der Waals surface area contributed by atoms with E-state index < -0.39 is 30.4 Å². The zero-order chi connectivity index (χ0) is 23.5. The lowest BCUT2D eigenvalue weighted by Gasteiger charge is -2.09. The highest BCUT2D eigenvalue weighted by Crippen LogP contribution is 2.15. The van der Waals surface area contributed by atoms with Crippen LogP contribution >= 0.6 is 11.6 Å². The summed E-state index contributed by atoms with van der Waals surface area (Å²) >= 11 is 5.84. The molecule has 0 heterocycles. The van der Waals surface area contributed by atoms with Gasteiger partial charge < -0.3 is 20.1 Å². The molecule has 2 aromatic rings. The molecule has 0 atom stereocenters. The number of benzene rings is 2. The van der Waals surface area contributed by atoms with Gasteiger partial charge in [0, 0.05) is 22.8 Å². The second-order valence-electron chi connectivity index (χ2n) is 7.34. The average molecular weight is 461 g/mol. The van der Waals surface area contributed by atoms with Gasteiger partial charge in [-0.25, -0.2) is 4.79 Å². The summed E-state index contributed by atoms with van der Waals surface area (Å²) in [5.41, 5.74) is 1.20. The van der Waals surface area contributed by atoms with E-state index in [1.54, 1.807) is 42.5 Å². The number of ether oxygens (including phenoxy) is 2. The van der Waals surface area contributed by atoms with Crippen LogP contribution in [-0.2, 0) is 23.9 Å². The third kappa shape index (κ3) is 9.18. The van der Waals surface area contributed by atoms with Crippen molar-refractivity contribution >= 4 is 46.7 Å². The van der Waals surface area contributed by atoms with Gasteiger partial charge in [0.05, 0.1) is 18.6 Å². The summed E-state index contributed by atoms with van der Waals surface area (Å²) < 4.78 is 10.0. The van der Waals surface area contributed by atoms with E-state index in [2.05, 4.69) is 10.6 Å². The molecule has 8 nitrogen and oxygen atoms in total. The SMILES string of the molecule is CC(C)COC(=O)c1cccc(NC(=O)CCC(=O)OCC(=O)Nc2cccc(Cl)c2)c1. The summed E-state index contributed by atoms with van der Waals surface area (Å²) in [6.45, 7) is 3.68. The van der Waals surface area contributed by atoms with Crippen LogP contribution < -0.4 is 10.6 Å². The van der Waals surface area contributed by atoms with Crippen LogP contribution in [0.5, 0.6) is 0 Å². The first-order valence-electron chi connectivity index (χ1n) is 10.0. The first-order chi connectivity index (χ1) is 15.2. The Bertz CT molecular complexity index is 976. The number of hydrogen-bond acceptors (Lipinski definition) is 6. The quantitative estimate of drug-likeness (QED) is 0.517. The molecule has 0 saturated heterocycles. The molecule has 32 heavy (non-hydrogen) atoms. The molecule has 2 N–H and O–H groups in total. The van der Waals surface area contributed by atoms with Crippen molar-refractivity contribution in [3.05, 3.63) is 59.1 Å². The summed E-state index contributed by atoms with van der Waals surface area (Å²) in [5.74, 6) is -1.91. The van der Waals surface area contributed by atoms with Crippen LogP contribution in [0.25, 0.3) is 0 Å². The Balaban J connectivity index is 1.73. The molecule has 170 valence electrons. The van der Waals surface area contributed by atoms with Gasteiger partial charge in [-0.1, -0.05) is 37.6 Å². The van der Waals surface area contributed by atoms with Crippen LogP contribution in [0, 0.1) is 5.92 Å². The smallest absolute Gasteiger partial charge is 0.338 e. The number of halogens is 1. The Hall–Kier alpha value is -3.39. The average Bonchev–Trinajstić information content (AvgIpc) is 2.74. The van der Waals surface area contributed by atoms with Crippen molar-refractivity contribution in [3.8, 4) is 0 Å². The van der Waals surface area contributed by atoms with Crippen molar-refractivity contribution in [2.45, 2.75) is 26.7 Å². The normalized spacial score (nSPS) is 10.4. The van der Waals surface area contributed by atoms with Gasteiger partial charge in [-0.3, -0.25) is 14.4 Å². The van der Waals surface area contributed by atoms with E-state index >= 15 is 0 Å². The summed E-state index contributed by atoms with van der Waals surface area (Å²) in [5, 5.41) is 5.62. The minimum absolute atomic E-state index is 0.142. The minimum atomic E-state index is -0.688. The largest absolute Gasteiger partial charge is 0.462 e. The molecular formula is C23H25ClN2O6. The fourth-order valence-corrected chi connectivity index (χ4v) is 2.66. The van der Waals surface area contributed by atoms with Gasteiger partial charge >= 0.3 is 11.9 Å². The second kappa shape index (κ2) is 12.5. The molecule has 0 fully saturated rings. The van der Waals surface area contributed by atoms with Gasteiger partial charge in [0.15, 0.2) is 6.61 Å². The van der Waals surface area contributed by atoms with E-state index in [1.807, 2.05) is 13.8 Å². The monoisotopic (exact) mass is 460 g/mol. The molecule has 0 saturated carbocycles.